The van der Waals surface area contributed by atoms with Gasteiger partial charge in [-0.1, -0.05) is 0 Å². The highest BCUT2D eigenvalue weighted by atomic mass is 16.5. The molecule has 1 aliphatic heterocycles. The van der Waals surface area contributed by atoms with Gasteiger partial charge in [0.05, 0.1) is 6.04 Å². The standard InChI is InChI=1S/C10H15NO2/c1-12-7-8-4-5-10(13-8)9-3-2-6-11-9/h4-5,9,11H,2-3,6-7H2,1H3/t9-/m0/s1. The third-order valence-corrected chi connectivity index (χ3v) is 2.37. The average Bonchev–Trinajstić information content (AvgIpc) is 2.70. The maximum atomic E-state index is 5.62. The minimum Gasteiger partial charge on any atom is -0.462 e. The summed E-state index contributed by atoms with van der Waals surface area (Å²) in [6, 6.07) is 4.45. The van der Waals surface area contributed by atoms with E-state index in [0.717, 1.165) is 18.1 Å². The van der Waals surface area contributed by atoms with Crippen LogP contribution in [0.25, 0.3) is 0 Å². The van der Waals surface area contributed by atoms with E-state index in [-0.39, 0.29) is 0 Å². The fourth-order valence-electron chi connectivity index (χ4n) is 1.73. The number of ether oxygens (including phenoxy) is 1. The zero-order valence-electron chi connectivity index (χ0n) is 7.88. The Morgan fingerprint density at radius 1 is 1.62 bits per heavy atom. The van der Waals surface area contributed by atoms with Crippen molar-refractivity contribution in [3.8, 4) is 0 Å². The molecule has 0 amide bonds. The van der Waals surface area contributed by atoms with Gasteiger partial charge in [-0.3, -0.25) is 0 Å². The lowest BCUT2D eigenvalue weighted by atomic mass is 10.2. The number of nitrogens with one attached hydrogen (secondary N) is 1. The first-order valence-corrected chi connectivity index (χ1v) is 4.71. The van der Waals surface area contributed by atoms with Gasteiger partial charge < -0.3 is 14.5 Å². The molecule has 0 saturated carbocycles. The van der Waals surface area contributed by atoms with Gasteiger partial charge >= 0.3 is 0 Å². The second-order valence-corrected chi connectivity index (χ2v) is 3.39. The molecule has 0 bridgehead atoms. The maximum Gasteiger partial charge on any atom is 0.129 e. The van der Waals surface area contributed by atoms with Gasteiger partial charge in [-0.05, 0) is 31.5 Å². The van der Waals surface area contributed by atoms with Crippen LogP contribution in [0.2, 0.25) is 0 Å². The minimum atomic E-state index is 0.422. The molecule has 2 heterocycles. The molecule has 0 unspecified atom stereocenters. The maximum absolute atomic E-state index is 5.62. The quantitative estimate of drug-likeness (QED) is 0.772. The van der Waals surface area contributed by atoms with Crippen LogP contribution in [-0.2, 0) is 11.3 Å². The Balaban J connectivity index is 2.03. The smallest absolute Gasteiger partial charge is 0.129 e. The summed E-state index contributed by atoms with van der Waals surface area (Å²) < 4.78 is 10.6. The Hall–Kier alpha value is -0.800. The van der Waals surface area contributed by atoms with Crippen LogP contribution < -0.4 is 5.32 Å². The first kappa shape index (κ1) is 8.78. The largest absolute Gasteiger partial charge is 0.462 e. The predicted molar refractivity (Wildman–Crippen MR) is 49.4 cm³/mol. The van der Waals surface area contributed by atoms with E-state index in [9.17, 15) is 0 Å². The highest BCUT2D eigenvalue weighted by Gasteiger charge is 2.19. The molecule has 1 aliphatic rings. The fourth-order valence-corrected chi connectivity index (χ4v) is 1.73. The van der Waals surface area contributed by atoms with Crippen LogP contribution in [0, 0.1) is 0 Å². The molecule has 1 N–H and O–H groups in total. The predicted octanol–water partition coefficient (Wildman–Crippen LogP) is 1.85. The van der Waals surface area contributed by atoms with Gasteiger partial charge in [-0.15, -0.1) is 0 Å². The molecule has 0 aliphatic carbocycles. The Kier molecular flexibility index (Phi) is 2.66. The summed E-state index contributed by atoms with van der Waals surface area (Å²) in [6.07, 6.45) is 2.42. The summed E-state index contributed by atoms with van der Waals surface area (Å²) in [7, 11) is 1.68. The van der Waals surface area contributed by atoms with E-state index in [1.54, 1.807) is 7.11 Å². The van der Waals surface area contributed by atoms with Crippen LogP contribution in [-0.4, -0.2) is 13.7 Å². The van der Waals surface area contributed by atoms with Crippen molar-refractivity contribution in [3.63, 3.8) is 0 Å². The molecule has 3 heteroatoms. The molecule has 72 valence electrons. The van der Waals surface area contributed by atoms with Crippen molar-refractivity contribution in [3.05, 3.63) is 23.7 Å². The van der Waals surface area contributed by atoms with E-state index in [2.05, 4.69) is 5.32 Å². The van der Waals surface area contributed by atoms with Gasteiger partial charge in [0.1, 0.15) is 18.1 Å². The second kappa shape index (κ2) is 3.94. The molecular formula is C10H15NO2. The summed E-state index contributed by atoms with van der Waals surface area (Å²) in [5, 5.41) is 3.39. The van der Waals surface area contributed by atoms with Crippen molar-refractivity contribution in [2.45, 2.75) is 25.5 Å². The lowest BCUT2D eigenvalue weighted by molar-refractivity contribution is 0.161. The zero-order chi connectivity index (χ0) is 9.10. The van der Waals surface area contributed by atoms with E-state index in [1.807, 2.05) is 12.1 Å². The van der Waals surface area contributed by atoms with Crippen molar-refractivity contribution in [2.75, 3.05) is 13.7 Å². The van der Waals surface area contributed by atoms with Crippen molar-refractivity contribution in [1.29, 1.82) is 0 Å². The summed E-state index contributed by atoms with van der Waals surface area (Å²) in [4.78, 5) is 0. The minimum absolute atomic E-state index is 0.422. The number of furan rings is 1. The van der Waals surface area contributed by atoms with Gasteiger partial charge in [0.15, 0.2) is 0 Å². The lowest BCUT2D eigenvalue weighted by Crippen LogP contribution is -2.11. The molecule has 1 saturated heterocycles. The molecule has 3 nitrogen and oxygen atoms in total. The first-order chi connectivity index (χ1) is 6.40. The third-order valence-electron chi connectivity index (χ3n) is 2.37. The molecule has 1 atom stereocenters. The molecule has 1 aromatic rings. The summed E-state index contributed by atoms with van der Waals surface area (Å²) in [6.45, 7) is 1.66. The highest BCUT2D eigenvalue weighted by Crippen LogP contribution is 2.24. The molecule has 2 rings (SSSR count). The van der Waals surface area contributed by atoms with Crippen LogP contribution in [0.5, 0.6) is 0 Å². The van der Waals surface area contributed by atoms with E-state index in [4.69, 9.17) is 9.15 Å². The number of hydrogen-bond acceptors (Lipinski definition) is 3. The highest BCUT2D eigenvalue weighted by molar-refractivity contribution is 5.11. The molecule has 1 aromatic heterocycles. The molecule has 0 radical (unpaired) electrons. The van der Waals surface area contributed by atoms with Crippen molar-refractivity contribution >= 4 is 0 Å². The normalized spacial score (nSPS) is 22.4. The first-order valence-electron chi connectivity index (χ1n) is 4.71. The van der Waals surface area contributed by atoms with Crippen LogP contribution in [0.3, 0.4) is 0 Å². The van der Waals surface area contributed by atoms with E-state index >= 15 is 0 Å². The van der Waals surface area contributed by atoms with Crippen molar-refractivity contribution in [2.24, 2.45) is 0 Å². The zero-order valence-corrected chi connectivity index (χ0v) is 7.88. The Bertz CT molecular complexity index is 264. The van der Waals surface area contributed by atoms with Gasteiger partial charge in [-0.25, -0.2) is 0 Å². The third kappa shape index (κ3) is 1.92. The molecule has 0 aromatic carbocycles. The molecule has 13 heavy (non-hydrogen) atoms. The van der Waals surface area contributed by atoms with Crippen LogP contribution in [0.1, 0.15) is 30.4 Å². The van der Waals surface area contributed by atoms with E-state index in [1.165, 1.54) is 12.8 Å². The SMILES string of the molecule is COCc1ccc([C@@H]2CCCN2)o1. The van der Waals surface area contributed by atoms with Gasteiger partial charge in [0.25, 0.3) is 0 Å². The van der Waals surface area contributed by atoms with Crippen LogP contribution in [0.4, 0.5) is 0 Å². The Morgan fingerprint density at radius 3 is 3.23 bits per heavy atom. The summed E-state index contributed by atoms with van der Waals surface area (Å²) >= 11 is 0. The van der Waals surface area contributed by atoms with Crippen molar-refractivity contribution in [1.82, 2.24) is 5.32 Å². The summed E-state index contributed by atoms with van der Waals surface area (Å²) in [5.74, 6) is 1.95. The number of methoxy groups -OCH3 is 1. The Morgan fingerprint density at radius 2 is 2.54 bits per heavy atom. The average molecular weight is 181 g/mol. The molecule has 0 spiro atoms. The lowest BCUT2D eigenvalue weighted by Gasteiger charge is -2.05. The van der Waals surface area contributed by atoms with Gasteiger partial charge in [0, 0.05) is 7.11 Å². The molecular weight excluding hydrogens is 166 g/mol. The van der Waals surface area contributed by atoms with Gasteiger partial charge in [0.2, 0.25) is 0 Å². The van der Waals surface area contributed by atoms with E-state index in [0.29, 0.717) is 12.6 Å². The monoisotopic (exact) mass is 181 g/mol. The van der Waals surface area contributed by atoms with Crippen molar-refractivity contribution < 1.29 is 9.15 Å². The fraction of sp³-hybridized carbons (Fsp3) is 0.600. The second-order valence-electron chi connectivity index (χ2n) is 3.39. The number of hydrogen-bond donors (Lipinski definition) is 1. The van der Waals surface area contributed by atoms with Gasteiger partial charge in [-0.2, -0.15) is 0 Å². The summed E-state index contributed by atoms with van der Waals surface area (Å²) in [5.41, 5.74) is 0. The molecule has 1 fully saturated rings. The van der Waals surface area contributed by atoms with Crippen LogP contribution >= 0.6 is 0 Å². The Labute approximate surface area is 78.1 Å². The number of rotatable bonds is 3. The van der Waals surface area contributed by atoms with Crippen LogP contribution in [0.15, 0.2) is 16.5 Å². The van der Waals surface area contributed by atoms with E-state index < -0.39 is 0 Å². The topological polar surface area (TPSA) is 34.4 Å².